The summed E-state index contributed by atoms with van der Waals surface area (Å²) in [7, 11) is 0. The van der Waals surface area contributed by atoms with Crippen LogP contribution in [0.1, 0.15) is 16.1 Å². The Morgan fingerprint density at radius 1 is 1.45 bits per heavy atom. The van der Waals surface area contributed by atoms with Crippen LogP contribution in [-0.4, -0.2) is 10.8 Å². The fourth-order valence-electron chi connectivity index (χ4n) is 1.20. The lowest BCUT2D eigenvalue weighted by molar-refractivity contribution is 0.103. The third kappa shape index (κ3) is 0.963. The van der Waals surface area contributed by atoms with Crippen LogP contribution in [0.15, 0.2) is 30.5 Å². The van der Waals surface area contributed by atoms with Crippen LogP contribution in [0.2, 0.25) is 0 Å². The normalized spacial score (nSPS) is 14.7. The summed E-state index contributed by atoms with van der Waals surface area (Å²) in [5.74, 6) is 0.0202. The molecule has 0 N–H and O–H groups in total. The summed E-state index contributed by atoms with van der Waals surface area (Å²) < 4.78 is 0. The fourth-order valence-corrected chi connectivity index (χ4v) is 1.20. The van der Waals surface area contributed by atoms with Crippen LogP contribution in [0.3, 0.4) is 0 Å². The van der Waals surface area contributed by atoms with Gasteiger partial charge in [0.2, 0.25) is 5.78 Å². The van der Waals surface area contributed by atoms with Crippen molar-refractivity contribution in [2.24, 2.45) is 0 Å². The van der Waals surface area contributed by atoms with Crippen molar-refractivity contribution in [3.8, 4) is 0 Å². The van der Waals surface area contributed by atoms with Gasteiger partial charge in [0.05, 0.1) is 0 Å². The molecule has 2 heteroatoms. The van der Waals surface area contributed by atoms with E-state index in [1.807, 2.05) is 18.2 Å². The molecule has 11 heavy (non-hydrogen) atoms. The molecule has 0 amide bonds. The molecular formula is C9H7NO. The molecule has 0 fully saturated rings. The Kier molecular flexibility index (Phi) is 1.32. The first-order valence-corrected chi connectivity index (χ1v) is 3.53. The topological polar surface area (TPSA) is 30.0 Å². The van der Waals surface area contributed by atoms with Crippen LogP contribution >= 0.6 is 0 Å². The Morgan fingerprint density at radius 2 is 2.36 bits per heavy atom. The minimum absolute atomic E-state index is 0.0202. The van der Waals surface area contributed by atoms with E-state index < -0.39 is 0 Å². The lowest BCUT2D eigenvalue weighted by Crippen LogP contribution is -2.07. The van der Waals surface area contributed by atoms with E-state index in [9.17, 15) is 4.79 Å². The quantitative estimate of drug-likeness (QED) is 0.552. The summed E-state index contributed by atoms with van der Waals surface area (Å²) in [6.45, 7) is 0. The minimum atomic E-state index is 0.0202. The number of fused-ring (bicyclic) bond motifs is 1. The first kappa shape index (κ1) is 6.28. The standard InChI is InChI=1S/C9H7NO/c11-8-5-1-3-7-4-2-6-10-9(7)8/h1-2,4-6H,3H2. The predicted octanol–water partition coefficient (Wildman–Crippen LogP) is 1.38. The highest BCUT2D eigenvalue weighted by molar-refractivity contribution is 6.05. The molecule has 0 aliphatic heterocycles. The first-order valence-electron chi connectivity index (χ1n) is 3.53. The Hall–Kier alpha value is -1.44. The monoisotopic (exact) mass is 145 g/mol. The van der Waals surface area contributed by atoms with Crippen molar-refractivity contribution in [3.63, 3.8) is 0 Å². The molecule has 1 heterocycles. The van der Waals surface area contributed by atoms with E-state index in [1.54, 1.807) is 12.3 Å². The molecule has 1 aromatic heterocycles. The number of pyridine rings is 1. The summed E-state index contributed by atoms with van der Waals surface area (Å²) >= 11 is 0. The van der Waals surface area contributed by atoms with Gasteiger partial charge in [-0.25, -0.2) is 0 Å². The van der Waals surface area contributed by atoms with Crippen LogP contribution in [-0.2, 0) is 6.42 Å². The zero-order valence-corrected chi connectivity index (χ0v) is 5.95. The minimum Gasteiger partial charge on any atom is -0.288 e. The van der Waals surface area contributed by atoms with Crippen molar-refractivity contribution >= 4 is 5.78 Å². The number of allylic oxidation sites excluding steroid dienone is 2. The molecular weight excluding hydrogens is 138 g/mol. The Bertz CT molecular complexity index is 328. The second kappa shape index (κ2) is 2.31. The number of ketones is 1. The summed E-state index contributed by atoms with van der Waals surface area (Å²) in [5, 5.41) is 0. The molecule has 1 aliphatic carbocycles. The molecule has 0 unspecified atom stereocenters. The van der Waals surface area contributed by atoms with E-state index in [0.717, 1.165) is 12.0 Å². The largest absolute Gasteiger partial charge is 0.288 e. The molecule has 0 aromatic carbocycles. The molecule has 2 rings (SSSR count). The molecule has 2 nitrogen and oxygen atoms in total. The van der Waals surface area contributed by atoms with Crippen molar-refractivity contribution in [3.05, 3.63) is 41.7 Å². The lowest BCUT2D eigenvalue weighted by atomic mass is 10.0. The Morgan fingerprint density at radius 3 is 3.18 bits per heavy atom. The van der Waals surface area contributed by atoms with Gasteiger partial charge < -0.3 is 0 Å². The van der Waals surface area contributed by atoms with E-state index in [-0.39, 0.29) is 5.78 Å². The predicted molar refractivity (Wildman–Crippen MR) is 41.4 cm³/mol. The van der Waals surface area contributed by atoms with Gasteiger partial charge in [0.15, 0.2) is 0 Å². The molecule has 54 valence electrons. The van der Waals surface area contributed by atoms with E-state index in [2.05, 4.69) is 4.98 Å². The van der Waals surface area contributed by atoms with Gasteiger partial charge in [0.1, 0.15) is 5.69 Å². The molecule has 0 radical (unpaired) electrons. The average molecular weight is 145 g/mol. The molecule has 0 spiro atoms. The van der Waals surface area contributed by atoms with Gasteiger partial charge in [-0.2, -0.15) is 0 Å². The highest BCUT2D eigenvalue weighted by Gasteiger charge is 2.11. The molecule has 1 aliphatic rings. The number of hydrogen-bond donors (Lipinski definition) is 0. The molecule has 0 saturated carbocycles. The third-order valence-electron chi connectivity index (χ3n) is 1.73. The third-order valence-corrected chi connectivity index (χ3v) is 1.73. The van der Waals surface area contributed by atoms with Crippen molar-refractivity contribution in [1.82, 2.24) is 4.98 Å². The van der Waals surface area contributed by atoms with E-state index >= 15 is 0 Å². The maximum atomic E-state index is 11.1. The molecule has 1 aromatic rings. The van der Waals surface area contributed by atoms with Crippen LogP contribution in [0.25, 0.3) is 0 Å². The van der Waals surface area contributed by atoms with E-state index in [1.165, 1.54) is 0 Å². The highest BCUT2D eigenvalue weighted by Crippen LogP contribution is 2.12. The molecule has 0 atom stereocenters. The lowest BCUT2D eigenvalue weighted by Gasteiger charge is -2.06. The zero-order valence-electron chi connectivity index (χ0n) is 5.95. The number of carbonyl (C=O) groups is 1. The second-order valence-corrected chi connectivity index (χ2v) is 2.48. The van der Waals surface area contributed by atoms with Gasteiger partial charge in [0.25, 0.3) is 0 Å². The number of aromatic nitrogens is 1. The van der Waals surface area contributed by atoms with Crippen molar-refractivity contribution in [2.45, 2.75) is 6.42 Å². The van der Waals surface area contributed by atoms with Gasteiger partial charge in [-0.15, -0.1) is 0 Å². The van der Waals surface area contributed by atoms with Gasteiger partial charge in [-0.05, 0) is 24.1 Å². The second-order valence-electron chi connectivity index (χ2n) is 2.48. The van der Waals surface area contributed by atoms with E-state index in [0.29, 0.717) is 5.69 Å². The van der Waals surface area contributed by atoms with Gasteiger partial charge in [0, 0.05) is 6.20 Å². The fraction of sp³-hybridized carbons (Fsp3) is 0.111. The summed E-state index contributed by atoms with van der Waals surface area (Å²) in [6, 6.07) is 3.79. The van der Waals surface area contributed by atoms with Gasteiger partial charge >= 0.3 is 0 Å². The molecule has 0 bridgehead atoms. The maximum Gasteiger partial charge on any atom is 0.204 e. The summed E-state index contributed by atoms with van der Waals surface area (Å²) in [6.07, 6.45) is 5.92. The van der Waals surface area contributed by atoms with E-state index in [4.69, 9.17) is 0 Å². The summed E-state index contributed by atoms with van der Waals surface area (Å²) in [4.78, 5) is 15.1. The van der Waals surface area contributed by atoms with Crippen LogP contribution in [0.4, 0.5) is 0 Å². The van der Waals surface area contributed by atoms with Gasteiger partial charge in [-0.1, -0.05) is 12.1 Å². The number of hydrogen-bond acceptors (Lipinski definition) is 2. The zero-order chi connectivity index (χ0) is 7.68. The Labute approximate surface area is 64.6 Å². The van der Waals surface area contributed by atoms with Gasteiger partial charge in [-0.3, -0.25) is 9.78 Å². The average Bonchev–Trinajstić information content (AvgIpc) is 2.06. The molecule has 0 saturated heterocycles. The van der Waals surface area contributed by atoms with Crippen LogP contribution < -0.4 is 0 Å². The van der Waals surface area contributed by atoms with Crippen molar-refractivity contribution in [2.75, 3.05) is 0 Å². The highest BCUT2D eigenvalue weighted by atomic mass is 16.1. The number of nitrogens with zero attached hydrogens (tertiary/aromatic N) is 1. The Balaban J connectivity index is 2.59. The van der Waals surface area contributed by atoms with Crippen molar-refractivity contribution in [1.29, 1.82) is 0 Å². The summed E-state index contributed by atoms with van der Waals surface area (Å²) in [5.41, 5.74) is 1.63. The SMILES string of the molecule is O=C1C=CCc2cccnc21. The number of rotatable bonds is 0. The smallest absolute Gasteiger partial charge is 0.204 e. The van der Waals surface area contributed by atoms with Crippen LogP contribution in [0, 0.1) is 0 Å². The number of carbonyl (C=O) groups excluding carboxylic acids is 1. The van der Waals surface area contributed by atoms with Crippen LogP contribution in [0.5, 0.6) is 0 Å². The first-order chi connectivity index (χ1) is 5.38. The van der Waals surface area contributed by atoms with Crippen molar-refractivity contribution < 1.29 is 4.79 Å². The maximum absolute atomic E-state index is 11.1.